The highest BCUT2D eigenvalue weighted by Crippen LogP contribution is 2.18. The van der Waals surface area contributed by atoms with Gasteiger partial charge < -0.3 is 9.80 Å². The van der Waals surface area contributed by atoms with E-state index < -0.39 is 10.0 Å². The van der Waals surface area contributed by atoms with Crippen LogP contribution in [0, 0.1) is 13.8 Å². The standard InChI is InChI=1S/C19H26N4O2S/c1-15-4-5-16(2)18(12-15)26(24,25)21-14-17-6-7-19(20-13-17)23-10-8-22(3)9-11-23/h4-7,12-13,21H,8-11,14H2,1-3H3. The lowest BCUT2D eigenvalue weighted by atomic mass is 10.2. The van der Waals surface area contributed by atoms with Gasteiger partial charge in [-0.1, -0.05) is 18.2 Å². The molecule has 1 saturated heterocycles. The summed E-state index contributed by atoms with van der Waals surface area (Å²) in [6.07, 6.45) is 1.75. The first-order chi connectivity index (χ1) is 12.3. The van der Waals surface area contributed by atoms with Crippen molar-refractivity contribution in [3.8, 4) is 0 Å². The number of sulfonamides is 1. The van der Waals surface area contributed by atoms with E-state index in [0.29, 0.717) is 4.90 Å². The molecule has 0 unspecified atom stereocenters. The minimum absolute atomic E-state index is 0.228. The predicted octanol–water partition coefficient (Wildman–Crippen LogP) is 1.93. The summed E-state index contributed by atoms with van der Waals surface area (Å²) < 4.78 is 27.8. The van der Waals surface area contributed by atoms with E-state index in [1.54, 1.807) is 19.2 Å². The monoisotopic (exact) mass is 374 g/mol. The van der Waals surface area contributed by atoms with Crippen molar-refractivity contribution in [2.45, 2.75) is 25.3 Å². The number of rotatable bonds is 5. The first-order valence-corrected chi connectivity index (χ1v) is 10.3. The van der Waals surface area contributed by atoms with Crippen molar-refractivity contribution in [3.63, 3.8) is 0 Å². The number of likely N-dealkylation sites (N-methyl/N-ethyl adjacent to an activating group) is 1. The minimum atomic E-state index is -3.54. The molecule has 1 aromatic carbocycles. The van der Waals surface area contributed by atoms with Crippen LogP contribution in [0.3, 0.4) is 0 Å². The van der Waals surface area contributed by atoms with E-state index >= 15 is 0 Å². The Hall–Kier alpha value is -1.96. The lowest BCUT2D eigenvalue weighted by molar-refractivity contribution is 0.312. The zero-order chi connectivity index (χ0) is 18.7. The average molecular weight is 375 g/mol. The number of aromatic nitrogens is 1. The summed E-state index contributed by atoms with van der Waals surface area (Å²) in [5, 5.41) is 0. The van der Waals surface area contributed by atoms with Gasteiger partial charge >= 0.3 is 0 Å². The molecule has 0 bridgehead atoms. The van der Waals surface area contributed by atoms with Crippen LogP contribution in [0.2, 0.25) is 0 Å². The van der Waals surface area contributed by atoms with Gasteiger partial charge in [0.25, 0.3) is 0 Å². The quantitative estimate of drug-likeness (QED) is 0.866. The normalized spacial score (nSPS) is 16.0. The minimum Gasteiger partial charge on any atom is -0.354 e. The summed E-state index contributed by atoms with van der Waals surface area (Å²) >= 11 is 0. The third-order valence-corrected chi connectivity index (χ3v) is 6.28. The molecule has 0 spiro atoms. The van der Waals surface area contributed by atoms with Gasteiger partial charge in [0, 0.05) is 38.9 Å². The van der Waals surface area contributed by atoms with Gasteiger partial charge in [-0.2, -0.15) is 0 Å². The number of aryl methyl sites for hydroxylation is 2. The van der Waals surface area contributed by atoms with Crippen molar-refractivity contribution >= 4 is 15.8 Å². The maximum absolute atomic E-state index is 12.6. The van der Waals surface area contributed by atoms with Crippen LogP contribution in [0.1, 0.15) is 16.7 Å². The molecule has 0 saturated carbocycles. The highest BCUT2D eigenvalue weighted by Gasteiger charge is 2.18. The molecular weight excluding hydrogens is 348 g/mol. The van der Waals surface area contributed by atoms with E-state index in [4.69, 9.17) is 0 Å². The van der Waals surface area contributed by atoms with Crippen molar-refractivity contribution in [3.05, 3.63) is 53.2 Å². The molecule has 0 atom stereocenters. The average Bonchev–Trinajstić information content (AvgIpc) is 2.63. The van der Waals surface area contributed by atoms with E-state index in [0.717, 1.165) is 48.7 Å². The molecule has 2 heterocycles. The maximum Gasteiger partial charge on any atom is 0.241 e. The summed E-state index contributed by atoms with van der Waals surface area (Å²) in [5.41, 5.74) is 2.51. The van der Waals surface area contributed by atoms with Gasteiger partial charge in [0.15, 0.2) is 0 Å². The Morgan fingerprint density at radius 1 is 1.08 bits per heavy atom. The van der Waals surface area contributed by atoms with Crippen LogP contribution in [-0.4, -0.2) is 51.5 Å². The number of anilines is 1. The van der Waals surface area contributed by atoms with Crippen LogP contribution in [0.4, 0.5) is 5.82 Å². The van der Waals surface area contributed by atoms with E-state index in [1.165, 1.54) is 0 Å². The van der Waals surface area contributed by atoms with Gasteiger partial charge in [-0.3, -0.25) is 0 Å². The Kier molecular flexibility index (Phi) is 5.60. The van der Waals surface area contributed by atoms with Crippen molar-refractivity contribution in [1.29, 1.82) is 0 Å². The first-order valence-electron chi connectivity index (χ1n) is 8.80. The molecule has 1 aliphatic rings. The molecule has 1 N–H and O–H groups in total. The smallest absolute Gasteiger partial charge is 0.241 e. The lowest BCUT2D eigenvalue weighted by Gasteiger charge is -2.33. The van der Waals surface area contributed by atoms with Gasteiger partial charge in [-0.25, -0.2) is 18.1 Å². The number of hydrogen-bond acceptors (Lipinski definition) is 5. The molecule has 6 nitrogen and oxygen atoms in total. The Labute approximate surface area is 155 Å². The summed E-state index contributed by atoms with van der Waals surface area (Å²) in [4.78, 5) is 9.39. The number of hydrogen-bond donors (Lipinski definition) is 1. The molecule has 1 aliphatic heterocycles. The van der Waals surface area contributed by atoms with Crippen LogP contribution in [0.15, 0.2) is 41.4 Å². The Morgan fingerprint density at radius 2 is 1.81 bits per heavy atom. The maximum atomic E-state index is 12.6. The van der Waals surface area contributed by atoms with E-state index in [2.05, 4.69) is 26.6 Å². The fraction of sp³-hybridized carbons (Fsp3) is 0.421. The SMILES string of the molecule is Cc1ccc(C)c(S(=O)(=O)NCc2ccc(N3CCN(C)CC3)nc2)c1. The largest absolute Gasteiger partial charge is 0.354 e. The van der Waals surface area contributed by atoms with Crippen molar-refractivity contribution in [2.24, 2.45) is 0 Å². The highest BCUT2D eigenvalue weighted by molar-refractivity contribution is 7.89. The Bertz CT molecular complexity index is 858. The van der Waals surface area contributed by atoms with Crippen molar-refractivity contribution in [2.75, 3.05) is 38.1 Å². The fourth-order valence-electron chi connectivity index (χ4n) is 3.00. The van der Waals surface area contributed by atoms with Crippen LogP contribution in [0.25, 0.3) is 0 Å². The van der Waals surface area contributed by atoms with E-state index in [9.17, 15) is 8.42 Å². The predicted molar refractivity (Wildman–Crippen MR) is 104 cm³/mol. The topological polar surface area (TPSA) is 65.5 Å². The summed E-state index contributed by atoms with van der Waals surface area (Å²) in [6, 6.07) is 9.34. The lowest BCUT2D eigenvalue weighted by Crippen LogP contribution is -2.44. The summed E-state index contributed by atoms with van der Waals surface area (Å²) in [6.45, 7) is 7.90. The third kappa shape index (κ3) is 4.41. The third-order valence-electron chi connectivity index (χ3n) is 4.74. The second-order valence-corrected chi connectivity index (χ2v) is 8.64. The van der Waals surface area contributed by atoms with E-state index in [-0.39, 0.29) is 6.54 Å². The number of benzene rings is 1. The second kappa shape index (κ2) is 7.73. The Morgan fingerprint density at radius 3 is 2.46 bits per heavy atom. The van der Waals surface area contributed by atoms with Crippen LogP contribution < -0.4 is 9.62 Å². The molecule has 7 heteroatoms. The summed E-state index contributed by atoms with van der Waals surface area (Å²) in [7, 11) is -1.42. The number of piperazine rings is 1. The summed E-state index contributed by atoms with van der Waals surface area (Å²) in [5.74, 6) is 0.944. The molecule has 2 aromatic rings. The van der Waals surface area contributed by atoms with Crippen LogP contribution in [0.5, 0.6) is 0 Å². The molecule has 26 heavy (non-hydrogen) atoms. The van der Waals surface area contributed by atoms with Gasteiger partial charge in [-0.05, 0) is 49.7 Å². The molecule has 140 valence electrons. The molecule has 1 aromatic heterocycles. The zero-order valence-electron chi connectivity index (χ0n) is 15.6. The molecular formula is C19H26N4O2S. The van der Waals surface area contributed by atoms with Gasteiger partial charge in [0.2, 0.25) is 10.0 Å². The van der Waals surface area contributed by atoms with Crippen molar-refractivity contribution < 1.29 is 8.42 Å². The molecule has 1 fully saturated rings. The molecule has 0 radical (unpaired) electrons. The van der Waals surface area contributed by atoms with Gasteiger partial charge in [0.1, 0.15) is 5.82 Å². The highest BCUT2D eigenvalue weighted by atomic mass is 32.2. The van der Waals surface area contributed by atoms with Crippen molar-refractivity contribution in [1.82, 2.24) is 14.6 Å². The van der Waals surface area contributed by atoms with Gasteiger partial charge in [-0.15, -0.1) is 0 Å². The number of nitrogens with zero attached hydrogens (tertiary/aromatic N) is 3. The van der Waals surface area contributed by atoms with Crippen LogP contribution in [-0.2, 0) is 16.6 Å². The van der Waals surface area contributed by atoms with E-state index in [1.807, 2.05) is 31.2 Å². The first kappa shape index (κ1) is 18.8. The Balaban J connectivity index is 1.65. The van der Waals surface area contributed by atoms with Gasteiger partial charge in [0.05, 0.1) is 4.90 Å². The van der Waals surface area contributed by atoms with Crippen LogP contribution >= 0.6 is 0 Å². The molecule has 3 rings (SSSR count). The molecule has 0 aliphatic carbocycles. The fourth-order valence-corrected chi connectivity index (χ4v) is 4.34. The zero-order valence-corrected chi connectivity index (χ0v) is 16.4. The number of nitrogens with one attached hydrogen (secondary N) is 1. The second-order valence-electron chi connectivity index (χ2n) is 6.91. The molecule has 0 amide bonds. The number of pyridine rings is 1.